The van der Waals surface area contributed by atoms with Gasteiger partial charge in [-0.05, 0) is 88.3 Å². The molecule has 2 aromatic rings. The van der Waals surface area contributed by atoms with Gasteiger partial charge in [0.2, 0.25) is 10.0 Å². The first-order valence-electron chi connectivity index (χ1n) is 12.7. The molecular formula is C27H36N2O4S. The number of fused-ring (bicyclic) bond motifs is 1. The predicted molar refractivity (Wildman–Crippen MR) is 134 cm³/mol. The lowest BCUT2D eigenvalue weighted by molar-refractivity contribution is -0.00172. The molecule has 184 valence electrons. The summed E-state index contributed by atoms with van der Waals surface area (Å²) in [4.78, 5) is 13.1. The van der Waals surface area contributed by atoms with Crippen LogP contribution in [0.1, 0.15) is 79.3 Å². The van der Waals surface area contributed by atoms with Crippen molar-refractivity contribution in [1.29, 1.82) is 0 Å². The molecule has 0 bridgehead atoms. The van der Waals surface area contributed by atoms with Crippen molar-refractivity contribution in [2.75, 3.05) is 6.61 Å². The summed E-state index contributed by atoms with van der Waals surface area (Å²) >= 11 is 0. The molecule has 2 fully saturated rings. The molecule has 2 atom stereocenters. The first kappa shape index (κ1) is 23.8. The molecule has 2 unspecified atom stereocenters. The zero-order valence-corrected chi connectivity index (χ0v) is 21.0. The lowest BCUT2D eigenvalue weighted by Gasteiger charge is -2.37. The van der Waals surface area contributed by atoms with Gasteiger partial charge in [0.15, 0.2) is 0 Å². The summed E-state index contributed by atoms with van der Waals surface area (Å²) in [6.45, 7) is 4.35. The number of hydrogen-bond donors (Lipinski definition) is 1. The Hall–Kier alpha value is -1.96. The zero-order valence-electron chi connectivity index (χ0n) is 20.2. The third-order valence-electron chi connectivity index (χ3n) is 7.98. The van der Waals surface area contributed by atoms with Crippen LogP contribution in [0.2, 0.25) is 0 Å². The van der Waals surface area contributed by atoms with E-state index in [0.29, 0.717) is 30.9 Å². The summed E-state index contributed by atoms with van der Waals surface area (Å²) in [6.07, 6.45) is 7.12. The number of pyridine rings is 1. The van der Waals surface area contributed by atoms with Crippen molar-refractivity contribution in [2.24, 2.45) is 0 Å². The normalized spacial score (nSPS) is 27.4. The van der Waals surface area contributed by atoms with Gasteiger partial charge in [0.1, 0.15) is 0 Å². The van der Waals surface area contributed by atoms with Crippen LogP contribution in [0.15, 0.2) is 41.2 Å². The Morgan fingerprint density at radius 3 is 2.38 bits per heavy atom. The zero-order chi connectivity index (χ0) is 23.9. The third-order valence-corrected chi connectivity index (χ3v) is 9.96. The van der Waals surface area contributed by atoms with Crippen molar-refractivity contribution >= 4 is 10.0 Å². The van der Waals surface area contributed by atoms with Gasteiger partial charge in [-0.1, -0.05) is 30.3 Å². The first-order valence-corrected chi connectivity index (χ1v) is 14.3. The minimum absolute atomic E-state index is 0.0373. The number of hydrogen-bond acceptors (Lipinski definition) is 4. The third kappa shape index (κ3) is 4.88. The van der Waals surface area contributed by atoms with Crippen molar-refractivity contribution in [2.45, 2.75) is 94.6 Å². The van der Waals surface area contributed by atoms with E-state index in [4.69, 9.17) is 4.74 Å². The van der Waals surface area contributed by atoms with E-state index in [0.717, 1.165) is 44.2 Å². The molecule has 7 heteroatoms. The van der Waals surface area contributed by atoms with E-state index < -0.39 is 10.0 Å². The van der Waals surface area contributed by atoms with Crippen LogP contribution in [0.3, 0.4) is 0 Å². The molecule has 1 N–H and O–H groups in total. The Balaban J connectivity index is 1.30. The molecule has 0 radical (unpaired) electrons. The van der Waals surface area contributed by atoms with Crippen LogP contribution < -0.4 is 10.3 Å². The quantitative estimate of drug-likeness (QED) is 0.641. The van der Waals surface area contributed by atoms with Crippen molar-refractivity contribution in [1.82, 2.24) is 9.29 Å². The first-order chi connectivity index (χ1) is 16.3. The largest absolute Gasteiger partial charge is 0.376 e. The number of aryl methyl sites for hydroxylation is 3. The van der Waals surface area contributed by atoms with Gasteiger partial charge >= 0.3 is 0 Å². The van der Waals surface area contributed by atoms with E-state index in [1.807, 2.05) is 19.1 Å². The highest BCUT2D eigenvalue weighted by Gasteiger charge is 2.40. The minimum Gasteiger partial charge on any atom is -0.376 e. The van der Waals surface area contributed by atoms with Crippen molar-refractivity contribution in [3.63, 3.8) is 0 Å². The second-order valence-electron chi connectivity index (χ2n) is 10.4. The maximum absolute atomic E-state index is 13.1. The van der Waals surface area contributed by atoms with E-state index in [9.17, 15) is 13.2 Å². The Kier molecular flexibility index (Phi) is 6.70. The number of rotatable bonds is 7. The molecule has 2 heterocycles. The van der Waals surface area contributed by atoms with Crippen LogP contribution in [0, 0.1) is 13.8 Å². The van der Waals surface area contributed by atoms with E-state index >= 15 is 0 Å². The van der Waals surface area contributed by atoms with E-state index in [2.05, 4.69) is 35.9 Å². The molecule has 1 aromatic heterocycles. The smallest absolute Gasteiger partial charge is 0.254 e. The lowest BCUT2D eigenvalue weighted by Crippen LogP contribution is -2.50. The second-order valence-corrected chi connectivity index (χ2v) is 12.4. The van der Waals surface area contributed by atoms with Crippen LogP contribution in [-0.4, -0.2) is 37.0 Å². The monoisotopic (exact) mass is 484 g/mol. The summed E-state index contributed by atoms with van der Waals surface area (Å²) in [5, 5.41) is -0.276. The fraction of sp³-hybridized carbons (Fsp3) is 0.593. The SMILES string of the molecule is Cc1ccccc1C1CCC(OCC2C(NS(=O)(=O)C3CC3)CCc3ccc(C)c(=O)n32)CC1. The van der Waals surface area contributed by atoms with Crippen LogP contribution in [-0.2, 0) is 21.2 Å². The topological polar surface area (TPSA) is 77.4 Å². The molecule has 6 nitrogen and oxygen atoms in total. The molecule has 1 aliphatic heterocycles. The minimum atomic E-state index is -3.35. The van der Waals surface area contributed by atoms with E-state index in [-0.39, 0.29) is 29.0 Å². The molecule has 0 saturated heterocycles. The van der Waals surface area contributed by atoms with E-state index in [1.54, 1.807) is 4.57 Å². The van der Waals surface area contributed by atoms with Gasteiger partial charge in [-0.2, -0.15) is 0 Å². The van der Waals surface area contributed by atoms with Crippen molar-refractivity contribution in [3.8, 4) is 0 Å². The molecule has 0 amide bonds. The Morgan fingerprint density at radius 2 is 1.68 bits per heavy atom. The summed E-state index contributed by atoms with van der Waals surface area (Å²) < 4.78 is 36.6. The fourth-order valence-electron chi connectivity index (χ4n) is 5.77. The maximum Gasteiger partial charge on any atom is 0.254 e. The number of sulfonamides is 1. The van der Waals surface area contributed by atoms with Gasteiger partial charge in [-0.3, -0.25) is 4.79 Å². The summed E-state index contributed by atoms with van der Waals surface area (Å²) in [5.74, 6) is 0.569. The van der Waals surface area contributed by atoms with Gasteiger partial charge in [0.05, 0.1) is 24.0 Å². The molecule has 5 rings (SSSR count). The average Bonchev–Trinajstić information content (AvgIpc) is 3.68. The molecule has 2 saturated carbocycles. The number of benzene rings is 1. The standard InChI is InChI=1S/C27H36N2O4S/c1-18-5-3-4-6-24(18)20-8-12-22(13-9-20)33-17-26-25(28-34(31,32)23-14-15-23)16-11-21-10-7-19(2)27(30)29(21)26/h3-7,10,20,22-23,25-26,28H,8-9,11-17H2,1-2H3. The maximum atomic E-state index is 13.1. The van der Waals surface area contributed by atoms with Gasteiger partial charge < -0.3 is 9.30 Å². The highest BCUT2D eigenvalue weighted by atomic mass is 32.2. The number of aromatic nitrogens is 1. The van der Waals surface area contributed by atoms with Crippen LogP contribution in [0.25, 0.3) is 0 Å². The average molecular weight is 485 g/mol. The molecule has 0 spiro atoms. The van der Waals surface area contributed by atoms with Crippen molar-refractivity contribution in [3.05, 3.63) is 69.1 Å². The van der Waals surface area contributed by atoms with Gasteiger partial charge in [0, 0.05) is 17.3 Å². The summed E-state index contributed by atoms with van der Waals surface area (Å²) in [7, 11) is -3.35. The highest BCUT2D eigenvalue weighted by Crippen LogP contribution is 2.36. The number of nitrogens with zero attached hydrogens (tertiary/aromatic N) is 1. The lowest BCUT2D eigenvalue weighted by atomic mass is 9.81. The number of ether oxygens (including phenoxy) is 1. The fourth-order valence-corrected chi connectivity index (χ4v) is 7.42. The molecule has 3 aliphatic rings. The van der Waals surface area contributed by atoms with Crippen LogP contribution >= 0.6 is 0 Å². The molecular weight excluding hydrogens is 448 g/mol. The second kappa shape index (κ2) is 9.59. The summed E-state index contributed by atoms with van der Waals surface area (Å²) in [6, 6.07) is 11.9. The summed E-state index contributed by atoms with van der Waals surface area (Å²) in [5.41, 5.74) is 4.40. The molecule has 1 aromatic carbocycles. The van der Waals surface area contributed by atoms with Gasteiger partial charge in [-0.25, -0.2) is 13.1 Å². The van der Waals surface area contributed by atoms with E-state index in [1.165, 1.54) is 11.1 Å². The van der Waals surface area contributed by atoms with Crippen LogP contribution in [0.5, 0.6) is 0 Å². The Morgan fingerprint density at radius 1 is 0.941 bits per heavy atom. The van der Waals surface area contributed by atoms with Crippen molar-refractivity contribution < 1.29 is 13.2 Å². The highest BCUT2D eigenvalue weighted by molar-refractivity contribution is 7.90. The Bertz CT molecular complexity index is 1190. The molecule has 34 heavy (non-hydrogen) atoms. The van der Waals surface area contributed by atoms with Gasteiger partial charge in [-0.15, -0.1) is 0 Å². The number of nitrogens with one attached hydrogen (secondary N) is 1. The van der Waals surface area contributed by atoms with Gasteiger partial charge in [0.25, 0.3) is 5.56 Å². The van der Waals surface area contributed by atoms with Crippen LogP contribution in [0.4, 0.5) is 0 Å². The molecule has 2 aliphatic carbocycles. The Labute approximate surface area is 202 Å². The predicted octanol–water partition coefficient (Wildman–Crippen LogP) is 4.15.